The molecule has 0 saturated carbocycles. The zero-order valence-corrected chi connectivity index (χ0v) is 33.4. The van der Waals surface area contributed by atoms with Crippen molar-refractivity contribution in [2.45, 2.75) is 123 Å². The number of nitrogens with one attached hydrogen (secondary N) is 1. The first-order valence-corrected chi connectivity index (χ1v) is 19.6. The van der Waals surface area contributed by atoms with Crippen molar-refractivity contribution in [3.63, 3.8) is 0 Å². The average molecular weight is 781 g/mol. The fourth-order valence-corrected chi connectivity index (χ4v) is 7.29. The van der Waals surface area contributed by atoms with Gasteiger partial charge in [0.15, 0.2) is 0 Å². The summed E-state index contributed by atoms with van der Waals surface area (Å²) in [6.07, 6.45) is -5.40. The summed E-state index contributed by atoms with van der Waals surface area (Å²) < 4.78 is 57.0. The van der Waals surface area contributed by atoms with Gasteiger partial charge in [-0.05, 0) is 65.2 Å². The molecule has 1 fully saturated rings. The van der Waals surface area contributed by atoms with Crippen LogP contribution < -0.4 is 15.9 Å². The molecule has 1 radical (unpaired) electrons. The molecule has 1 aromatic carbocycles. The minimum Gasteiger partial charge on any atom is -0.443 e. The number of halogens is 3. The van der Waals surface area contributed by atoms with E-state index in [9.17, 15) is 42.8 Å². The van der Waals surface area contributed by atoms with E-state index in [4.69, 9.17) is 14.2 Å². The third-order valence-corrected chi connectivity index (χ3v) is 10.7. The van der Waals surface area contributed by atoms with Crippen molar-refractivity contribution in [2.24, 2.45) is 5.41 Å². The third-order valence-electron chi connectivity index (χ3n) is 8.63. The first kappa shape index (κ1) is 44.1. The van der Waals surface area contributed by atoms with Gasteiger partial charge in [-0.3, -0.25) is 24.4 Å². The van der Waals surface area contributed by atoms with Crippen LogP contribution in [0.5, 0.6) is 0 Å². The largest absolute Gasteiger partial charge is 0.471 e. The first-order valence-electron chi connectivity index (χ1n) is 17.1. The first-order chi connectivity index (χ1) is 24.5. The van der Waals surface area contributed by atoms with Crippen molar-refractivity contribution in [1.82, 2.24) is 14.9 Å². The van der Waals surface area contributed by atoms with Gasteiger partial charge >= 0.3 is 23.9 Å². The smallest absolute Gasteiger partial charge is 0.443 e. The fraction of sp³-hybridized carbons (Fsp3) is 0.611. The van der Waals surface area contributed by atoms with E-state index >= 15 is 0 Å². The molecule has 2 N–H and O–H groups in total. The molecule has 3 atom stereocenters. The molecule has 0 spiro atoms. The van der Waals surface area contributed by atoms with Crippen LogP contribution in [0.15, 0.2) is 35.3 Å². The molecular formula is C36H49F3N5O9Si. The lowest BCUT2D eigenvalue weighted by atomic mass is 9.72. The van der Waals surface area contributed by atoms with Gasteiger partial charge in [-0.1, -0.05) is 45.7 Å². The summed E-state index contributed by atoms with van der Waals surface area (Å²) in [6.45, 7) is 18.9. The van der Waals surface area contributed by atoms with Crippen molar-refractivity contribution in [3.8, 4) is 11.8 Å². The molecule has 2 aromatic rings. The van der Waals surface area contributed by atoms with Crippen LogP contribution in [-0.4, -0.2) is 82.6 Å². The van der Waals surface area contributed by atoms with E-state index in [0.29, 0.717) is 0 Å². The van der Waals surface area contributed by atoms with Crippen LogP contribution in [0.4, 0.5) is 29.5 Å². The van der Waals surface area contributed by atoms with Crippen molar-refractivity contribution >= 4 is 32.3 Å². The molecule has 1 saturated heterocycles. The Bertz CT molecular complexity index is 1860. The van der Waals surface area contributed by atoms with E-state index in [-0.39, 0.29) is 30.0 Å². The molecule has 54 heavy (non-hydrogen) atoms. The second-order valence-electron chi connectivity index (χ2n) is 16.3. The summed E-state index contributed by atoms with van der Waals surface area (Å²) in [5.74, 6) is 2.41. The second-order valence-corrected chi connectivity index (χ2v) is 19.0. The lowest BCUT2D eigenvalue weighted by Crippen LogP contribution is -2.53. The number of nitro groups is 1. The minimum atomic E-state index is -5.09. The quantitative estimate of drug-likeness (QED) is 0.144. The van der Waals surface area contributed by atoms with Gasteiger partial charge in [-0.25, -0.2) is 9.59 Å². The predicted molar refractivity (Wildman–Crippen MR) is 195 cm³/mol. The molecule has 14 nitrogen and oxygen atoms in total. The molecule has 1 aliphatic heterocycles. The maximum atomic E-state index is 14.0. The molecule has 0 bridgehead atoms. The Morgan fingerprint density at radius 3 is 2.26 bits per heavy atom. The Kier molecular flexibility index (Phi) is 12.9. The summed E-state index contributed by atoms with van der Waals surface area (Å²) in [5.41, 5.74) is -4.91. The number of nitrogens with zero attached hydrogens (tertiary/aromatic N) is 4. The van der Waals surface area contributed by atoms with Gasteiger partial charge in [-0.15, -0.1) is 0 Å². The molecule has 3 rings (SSSR count). The standard InChI is InChI=1S/C36H49F3N5O9Si/c1-31(2,3)34(48)22-35(54(10)11,52-26(34)21-51-32(4,5)6)43-18-16-27(41-29(43)46)42(30(47)53-33(7,8)9)20-24-15-14-23(19-25(24)44(49)50)13-12-17-40-28(45)36(37,38)39/h14-16,18-19,26,48H,17,20-22H2,1-11H3,(H,40,45)/t26-,34+,35+/m1/s1. The molecule has 0 unspecified atom stereocenters. The summed E-state index contributed by atoms with van der Waals surface area (Å²) in [4.78, 5) is 55.3. The Labute approximate surface area is 314 Å². The van der Waals surface area contributed by atoms with Crippen LogP contribution in [0.25, 0.3) is 0 Å². The Morgan fingerprint density at radius 1 is 1.13 bits per heavy atom. The Morgan fingerprint density at radius 2 is 1.76 bits per heavy atom. The van der Waals surface area contributed by atoms with Gasteiger partial charge < -0.3 is 24.6 Å². The highest BCUT2D eigenvalue weighted by Crippen LogP contribution is 2.51. The normalized spacial score (nSPS) is 20.6. The molecule has 1 aromatic heterocycles. The number of carbonyl (C=O) groups is 2. The van der Waals surface area contributed by atoms with Gasteiger partial charge in [-0.2, -0.15) is 18.2 Å². The summed E-state index contributed by atoms with van der Waals surface area (Å²) in [5, 5.41) is 24.6. The van der Waals surface area contributed by atoms with Gasteiger partial charge in [0.05, 0.1) is 30.2 Å². The summed E-state index contributed by atoms with van der Waals surface area (Å²) >= 11 is 0. The third kappa shape index (κ3) is 10.5. The van der Waals surface area contributed by atoms with Crippen molar-refractivity contribution in [2.75, 3.05) is 18.1 Å². The highest BCUT2D eigenvalue weighted by Gasteiger charge is 2.62. The lowest BCUT2D eigenvalue weighted by Gasteiger charge is -2.41. The number of nitro benzene ring substituents is 1. The number of benzene rings is 1. The van der Waals surface area contributed by atoms with Gasteiger partial charge in [0.25, 0.3) is 5.69 Å². The van der Waals surface area contributed by atoms with Crippen LogP contribution in [0.1, 0.15) is 79.9 Å². The maximum Gasteiger partial charge on any atom is 0.471 e. The lowest BCUT2D eigenvalue weighted by molar-refractivity contribution is -0.385. The number of amides is 2. The molecule has 2 amide bonds. The predicted octanol–water partition coefficient (Wildman–Crippen LogP) is 5.45. The zero-order valence-electron chi connectivity index (χ0n) is 32.4. The van der Waals surface area contributed by atoms with Crippen molar-refractivity contribution in [1.29, 1.82) is 0 Å². The molecule has 18 heteroatoms. The minimum absolute atomic E-state index is 0.00657. The van der Waals surface area contributed by atoms with Gasteiger partial charge in [0.1, 0.15) is 37.3 Å². The topological polar surface area (TPSA) is 175 Å². The van der Waals surface area contributed by atoms with Crippen molar-refractivity contribution < 1.29 is 47.0 Å². The molecule has 0 aliphatic carbocycles. The highest BCUT2D eigenvalue weighted by molar-refractivity contribution is 6.58. The Hall–Kier alpha value is -4.31. The number of alkyl halides is 3. The summed E-state index contributed by atoms with van der Waals surface area (Å²) in [6, 6.07) is 5.10. The number of aliphatic hydroxyl groups is 1. The number of carbonyl (C=O) groups excluding carboxylic acids is 2. The van der Waals surface area contributed by atoms with Crippen molar-refractivity contribution in [3.05, 3.63) is 62.2 Å². The monoisotopic (exact) mass is 780 g/mol. The zero-order chi connectivity index (χ0) is 41.2. The number of aromatic nitrogens is 2. The Balaban J connectivity index is 2.07. The van der Waals surface area contributed by atoms with E-state index < -0.39 is 90.0 Å². The number of anilines is 1. The molecular weight excluding hydrogens is 732 g/mol. The van der Waals surface area contributed by atoms with E-state index in [0.717, 1.165) is 11.0 Å². The molecule has 297 valence electrons. The van der Waals surface area contributed by atoms with E-state index in [1.807, 2.05) is 54.6 Å². The van der Waals surface area contributed by atoms with Crippen LogP contribution in [0.2, 0.25) is 13.1 Å². The van der Waals surface area contributed by atoms with Crippen LogP contribution in [0, 0.1) is 27.4 Å². The van der Waals surface area contributed by atoms with E-state index in [2.05, 4.69) is 16.8 Å². The maximum absolute atomic E-state index is 14.0. The van der Waals surface area contributed by atoms with E-state index in [1.54, 1.807) is 26.1 Å². The number of ether oxygens (including phenoxy) is 3. The number of hydrogen-bond donors (Lipinski definition) is 2. The summed E-state index contributed by atoms with van der Waals surface area (Å²) in [7, 11) is -1.60. The number of hydrogen-bond acceptors (Lipinski definition) is 10. The van der Waals surface area contributed by atoms with Crippen LogP contribution >= 0.6 is 0 Å². The highest BCUT2D eigenvalue weighted by atomic mass is 28.3. The number of rotatable bonds is 9. The van der Waals surface area contributed by atoms with Crippen LogP contribution in [0.3, 0.4) is 0 Å². The SMILES string of the molecule is C[Si](C)[C@]1(n2ccc(N(Cc3ccc(C#CCNC(=O)C(F)(F)F)cc3[N+](=O)[O-])C(=O)OC(C)(C)C)nc2=O)C[C@@](O)(C(C)(C)C)[C@@H](COC(C)(C)C)O1. The van der Waals surface area contributed by atoms with E-state index in [1.165, 1.54) is 29.0 Å². The van der Waals surface area contributed by atoms with Gasteiger partial charge in [0, 0.05) is 29.8 Å². The fourth-order valence-electron chi connectivity index (χ4n) is 5.64. The van der Waals surface area contributed by atoms with Gasteiger partial charge in [0.2, 0.25) is 0 Å². The van der Waals surface area contributed by atoms with Crippen LogP contribution in [-0.2, 0) is 30.9 Å². The second kappa shape index (κ2) is 15.8. The average Bonchev–Trinajstić information content (AvgIpc) is 3.34. The molecule has 2 heterocycles. The molecule has 1 aliphatic rings.